The first-order chi connectivity index (χ1) is 3.72. The van der Waals surface area contributed by atoms with Crippen molar-refractivity contribution in [1.29, 1.82) is 0 Å². The Kier molecular flexibility index (Phi) is 1.80. The molecule has 0 saturated carbocycles. The number of rotatable bonds is 0. The van der Waals surface area contributed by atoms with Gasteiger partial charge in [-0.15, -0.1) is 0 Å². The fraction of sp³-hybridized carbons (Fsp3) is 1.00. The molecule has 1 saturated heterocycles. The summed E-state index contributed by atoms with van der Waals surface area (Å²) in [5.41, 5.74) is 0. The average Bonchev–Trinajstić information content (AvgIpc) is 1.98. The molecule has 0 aromatic carbocycles. The molecule has 0 aromatic rings. The number of hydrogen-bond acceptors (Lipinski definition) is 3. The van der Waals surface area contributed by atoms with Crippen molar-refractivity contribution in [3.05, 3.63) is 0 Å². The number of hydrogen-bond donors (Lipinski definition) is 1. The van der Waals surface area contributed by atoms with Crippen LogP contribution < -0.4 is 4.72 Å². The first-order valence-corrected chi connectivity index (χ1v) is 3.73. The van der Waals surface area contributed by atoms with Crippen molar-refractivity contribution in [2.75, 3.05) is 7.05 Å². The maximum absolute atomic E-state index is 3.26. The van der Waals surface area contributed by atoms with E-state index in [2.05, 4.69) is 30.5 Å². The Labute approximate surface area is 54.8 Å². The van der Waals surface area contributed by atoms with Crippen LogP contribution in [0.1, 0.15) is 13.8 Å². The second kappa shape index (κ2) is 2.25. The van der Waals surface area contributed by atoms with Crippen molar-refractivity contribution in [3.8, 4) is 0 Å². The lowest BCUT2D eigenvalue weighted by Crippen LogP contribution is -2.31. The minimum absolute atomic E-state index is 0.537. The normalized spacial score (nSPS) is 40.9. The van der Waals surface area contributed by atoms with E-state index in [0.29, 0.717) is 11.5 Å². The van der Waals surface area contributed by atoms with E-state index >= 15 is 0 Å². The van der Waals surface area contributed by atoms with Gasteiger partial charge in [0.25, 0.3) is 0 Å². The largest absolute Gasteiger partial charge is 0.278 e. The van der Waals surface area contributed by atoms with Gasteiger partial charge >= 0.3 is 0 Å². The highest BCUT2D eigenvalue weighted by Crippen LogP contribution is 2.19. The highest BCUT2D eigenvalue weighted by molar-refractivity contribution is 7.98. The molecule has 0 aromatic heterocycles. The molecule has 2 nitrogen and oxygen atoms in total. The molecule has 2 unspecified atom stereocenters. The van der Waals surface area contributed by atoms with Gasteiger partial charge < -0.3 is 0 Å². The molecule has 2 atom stereocenters. The Balaban J connectivity index is 2.44. The third-order valence-electron chi connectivity index (χ3n) is 1.59. The first kappa shape index (κ1) is 6.39. The molecule has 1 aliphatic rings. The van der Waals surface area contributed by atoms with E-state index in [1.165, 1.54) is 0 Å². The molecule has 0 aliphatic carbocycles. The average molecular weight is 132 g/mol. The molecule has 0 bridgehead atoms. The third-order valence-corrected chi connectivity index (χ3v) is 2.74. The molecule has 1 fully saturated rings. The van der Waals surface area contributed by atoms with Gasteiger partial charge in [0.15, 0.2) is 0 Å². The van der Waals surface area contributed by atoms with Crippen molar-refractivity contribution >= 4 is 11.9 Å². The van der Waals surface area contributed by atoms with Gasteiger partial charge in [-0.2, -0.15) is 0 Å². The zero-order valence-electron chi connectivity index (χ0n) is 5.51. The van der Waals surface area contributed by atoms with E-state index in [1.54, 1.807) is 11.9 Å². The van der Waals surface area contributed by atoms with Gasteiger partial charge in [-0.25, -0.2) is 4.72 Å². The highest BCUT2D eigenvalue weighted by atomic mass is 32.2. The summed E-state index contributed by atoms with van der Waals surface area (Å²) in [6.07, 6.45) is 0.537. The SMILES string of the molecule is CC1NSC(C)N1C. The Morgan fingerprint density at radius 1 is 1.50 bits per heavy atom. The molecule has 1 heterocycles. The van der Waals surface area contributed by atoms with Gasteiger partial charge in [-0.1, -0.05) is 11.9 Å². The first-order valence-electron chi connectivity index (χ1n) is 2.85. The van der Waals surface area contributed by atoms with Crippen molar-refractivity contribution in [2.45, 2.75) is 25.4 Å². The summed E-state index contributed by atoms with van der Waals surface area (Å²) in [6, 6.07) is 0. The standard InChI is InChI=1S/C5H12N2S/c1-4-6-8-5(2)7(4)3/h4-6H,1-3H3. The van der Waals surface area contributed by atoms with Crippen LogP contribution in [0.4, 0.5) is 0 Å². The third kappa shape index (κ3) is 0.989. The van der Waals surface area contributed by atoms with Crippen LogP contribution in [-0.4, -0.2) is 23.5 Å². The Bertz CT molecular complexity index is 76.5. The molecule has 0 radical (unpaired) electrons. The van der Waals surface area contributed by atoms with Gasteiger partial charge in [-0.3, -0.25) is 4.90 Å². The second-order valence-corrected chi connectivity index (χ2v) is 3.33. The summed E-state index contributed by atoms with van der Waals surface area (Å²) < 4.78 is 3.26. The molecular weight excluding hydrogens is 120 g/mol. The van der Waals surface area contributed by atoms with Crippen LogP contribution in [0.25, 0.3) is 0 Å². The number of nitrogens with zero attached hydrogens (tertiary/aromatic N) is 1. The quantitative estimate of drug-likeness (QED) is 0.492. The zero-order valence-corrected chi connectivity index (χ0v) is 6.33. The Morgan fingerprint density at radius 3 is 2.25 bits per heavy atom. The van der Waals surface area contributed by atoms with E-state index in [4.69, 9.17) is 0 Å². The topological polar surface area (TPSA) is 15.3 Å². The molecule has 1 N–H and O–H groups in total. The molecule has 3 heteroatoms. The molecule has 0 spiro atoms. The monoisotopic (exact) mass is 132 g/mol. The van der Waals surface area contributed by atoms with E-state index in [-0.39, 0.29) is 0 Å². The summed E-state index contributed by atoms with van der Waals surface area (Å²) >= 11 is 1.79. The summed E-state index contributed by atoms with van der Waals surface area (Å²) in [5, 5.41) is 0.630. The van der Waals surface area contributed by atoms with E-state index in [0.717, 1.165) is 0 Å². The molecule has 8 heavy (non-hydrogen) atoms. The summed E-state index contributed by atoms with van der Waals surface area (Å²) in [4.78, 5) is 2.30. The van der Waals surface area contributed by atoms with E-state index in [9.17, 15) is 0 Å². The smallest absolute Gasteiger partial charge is 0.0685 e. The van der Waals surface area contributed by atoms with Gasteiger partial charge in [0.1, 0.15) is 0 Å². The Hall–Kier alpha value is 0.270. The molecule has 48 valence electrons. The van der Waals surface area contributed by atoms with Crippen LogP contribution in [-0.2, 0) is 0 Å². The van der Waals surface area contributed by atoms with Crippen LogP contribution in [0.5, 0.6) is 0 Å². The van der Waals surface area contributed by atoms with Gasteiger partial charge in [0, 0.05) is 0 Å². The summed E-state index contributed by atoms with van der Waals surface area (Å²) in [7, 11) is 2.13. The van der Waals surface area contributed by atoms with Gasteiger partial charge in [0.2, 0.25) is 0 Å². The number of nitrogens with one attached hydrogen (secondary N) is 1. The highest BCUT2D eigenvalue weighted by Gasteiger charge is 2.22. The van der Waals surface area contributed by atoms with Gasteiger partial charge in [-0.05, 0) is 20.9 Å². The van der Waals surface area contributed by atoms with Crippen LogP contribution in [0.15, 0.2) is 0 Å². The lowest BCUT2D eigenvalue weighted by molar-refractivity contribution is 0.268. The molecule has 0 amide bonds. The lowest BCUT2D eigenvalue weighted by atomic mass is 10.5. The van der Waals surface area contributed by atoms with E-state index < -0.39 is 0 Å². The molecule has 1 rings (SSSR count). The van der Waals surface area contributed by atoms with Crippen molar-refractivity contribution in [1.82, 2.24) is 9.62 Å². The predicted molar refractivity (Wildman–Crippen MR) is 37.4 cm³/mol. The Morgan fingerprint density at radius 2 is 2.12 bits per heavy atom. The summed E-state index contributed by atoms with van der Waals surface area (Å²) in [6.45, 7) is 4.36. The minimum Gasteiger partial charge on any atom is -0.278 e. The molecular formula is C5H12N2S. The van der Waals surface area contributed by atoms with Crippen LogP contribution in [0.2, 0.25) is 0 Å². The lowest BCUT2D eigenvalue weighted by Gasteiger charge is -2.15. The second-order valence-electron chi connectivity index (χ2n) is 2.18. The van der Waals surface area contributed by atoms with Crippen LogP contribution in [0.3, 0.4) is 0 Å². The predicted octanol–water partition coefficient (Wildman–Crippen LogP) is 0.862. The maximum atomic E-state index is 3.26. The van der Waals surface area contributed by atoms with Crippen molar-refractivity contribution < 1.29 is 0 Å². The van der Waals surface area contributed by atoms with Crippen molar-refractivity contribution in [3.63, 3.8) is 0 Å². The van der Waals surface area contributed by atoms with Crippen LogP contribution >= 0.6 is 11.9 Å². The minimum atomic E-state index is 0.537. The fourth-order valence-corrected chi connectivity index (χ4v) is 1.59. The molecule has 1 aliphatic heterocycles. The van der Waals surface area contributed by atoms with E-state index in [1.807, 2.05) is 0 Å². The maximum Gasteiger partial charge on any atom is 0.0685 e. The fourth-order valence-electron chi connectivity index (χ4n) is 0.678. The van der Waals surface area contributed by atoms with Crippen molar-refractivity contribution in [2.24, 2.45) is 0 Å². The van der Waals surface area contributed by atoms with Crippen LogP contribution in [0, 0.1) is 0 Å². The summed E-state index contributed by atoms with van der Waals surface area (Å²) in [5.74, 6) is 0. The zero-order chi connectivity index (χ0) is 6.15. The van der Waals surface area contributed by atoms with Gasteiger partial charge in [0.05, 0.1) is 11.5 Å².